The first-order valence-corrected chi connectivity index (χ1v) is 13.2. The molecule has 4 atom stereocenters. The van der Waals surface area contributed by atoms with Gasteiger partial charge in [-0.25, -0.2) is 4.79 Å². The van der Waals surface area contributed by atoms with E-state index in [1.165, 1.54) is 16.7 Å². The van der Waals surface area contributed by atoms with Crippen LogP contribution in [0.25, 0.3) is 0 Å². The molecular weight excluding hydrogens is 476 g/mol. The number of aliphatic hydroxyl groups is 1. The summed E-state index contributed by atoms with van der Waals surface area (Å²) in [5.41, 5.74) is 3.06. The predicted octanol–water partition coefficient (Wildman–Crippen LogP) is 2.63. The van der Waals surface area contributed by atoms with Gasteiger partial charge in [-0.15, -0.1) is 11.8 Å². The number of likely N-dealkylation sites (tertiary alicyclic amines) is 1. The monoisotopic (exact) mass is 510 g/mol. The van der Waals surface area contributed by atoms with Gasteiger partial charge in [0.15, 0.2) is 6.10 Å². The van der Waals surface area contributed by atoms with Gasteiger partial charge in [-0.2, -0.15) is 0 Å². The molecule has 2 aromatic rings. The summed E-state index contributed by atoms with van der Waals surface area (Å²) in [6.07, 6.45) is -1.22. The Morgan fingerprint density at radius 1 is 1.11 bits per heavy atom. The van der Waals surface area contributed by atoms with Crippen molar-refractivity contribution in [2.24, 2.45) is 0 Å². The Labute approximate surface area is 216 Å². The van der Waals surface area contributed by atoms with Crippen molar-refractivity contribution in [1.29, 1.82) is 0 Å². The summed E-state index contributed by atoms with van der Waals surface area (Å²) in [6, 6.07) is 15.3. The van der Waals surface area contributed by atoms with E-state index < -0.39 is 35.0 Å². The van der Waals surface area contributed by atoms with Crippen LogP contribution in [0.15, 0.2) is 54.6 Å². The molecule has 4 rings (SSSR count). The second-order valence-electron chi connectivity index (χ2n) is 9.90. The Morgan fingerprint density at radius 2 is 1.78 bits per heavy atom. The van der Waals surface area contributed by atoms with Crippen molar-refractivity contribution in [3.8, 4) is 0 Å². The summed E-state index contributed by atoms with van der Waals surface area (Å²) < 4.78 is 0. The maximum atomic E-state index is 13.5. The molecule has 0 spiro atoms. The molecule has 2 aromatic carbocycles. The number of urea groups is 1. The summed E-state index contributed by atoms with van der Waals surface area (Å²) in [5.74, 6) is -0.383. The minimum absolute atomic E-state index is 0.0993. The lowest BCUT2D eigenvalue weighted by Gasteiger charge is -2.53. The van der Waals surface area contributed by atoms with Crippen molar-refractivity contribution in [2.45, 2.75) is 69.8 Å². The van der Waals surface area contributed by atoms with Crippen molar-refractivity contribution in [2.75, 3.05) is 5.88 Å². The standard InChI is InChI=1S/C27H34N4O4S/c1-17(2)28-26(35)29-21(14-19-11-6-5-7-12-19)22(32)24(33)30-16-36-27(4)23(30)25(34)31(27)15-20-13-9-8-10-18(20)3/h5-13,17,21-23,32H,14-16H2,1-4H3,(H2,28,29,35)/t21-,22-,23+,27?/m0/s1. The lowest BCUT2D eigenvalue weighted by atomic mass is 9.91. The van der Waals surface area contributed by atoms with E-state index in [0.29, 0.717) is 12.4 Å². The Bertz CT molecular complexity index is 1130. The average Bonchev–Trinajstić information content (AvgIpc) is 3.16. The second-order valence-corrected chi connectivity index (χ2v) is 11.3. The molecule has 4 amide bonds. The van der Waals surface area contributed by atoms with Gasteiger partial charge in [-0.05, 0) is 50.8 Å². The minimum atomic E-state index is -1.50. The van der Waals surface area contributed by atoms with Crippen LogP contribution in [-0.4, -0.2) is 67.7 Å². The van der Waals surface area contributed by atoms with Gasteiger partial charge < -0.3 is 25.5 Å². The van der Waals surface area contributed by atoms with E-state index in [0.717, 1.165) is 16.7 Å². The van der Waals surface area contributed by atoms with Gasteiger partial charge in [0.25, 0.3) is 5.91 Å². The zero-order valence-corrected chi connectivity index (χ0v) is 21.9. The van der Waals surface area contributed by atoms with E-state index in [9.17, 15) is 19.5 Å². The smallest absolute Gasteiger partial charge is 0.315 e. The van der Waals surface area contributed by atoms with Gasteiger partial charge in [-0.3, -0.25) is 9.59 Å². The Balaban J connectivity index is 1.49. The first kappa shape index (κ1) is 26.0. The normalized spacial score (nSPS) is 22.6. The van der Waals surface area contributed by atoms with E-state index in [2.05, 4.69) is 10.6 Å². The molecule has 1 unspecified atom stereocenters. The lowest BCUT2D eigenvalue weighted by molar-refractivity contribution is -0.168. The number of aliphatic hydroxyl groups excluding tert-OH is 1. The lowest BCUT2D eigenvalue weighted by Crippen LogP contribution is -2.73. The molecule has 2 fully saturated rings. The van der Waals surface area contributed by atoms with Crippen LogP contribution in [0, 0.1) is 6.92 Å². The highest BCUT2D eigenvalue weighted by Crippen LogP contribution is 2.51. The van der Waals surface area contributed by atoms with E-state index in [1.54, 1.807) is 4.90 Å². The van der Waals surface area contributed by atoms with Crippen LogP contribution in [0.5, 0.6) is 0 Å². The number of fused-ring (bicyclic) bond motifs is 1. The topological polar surface area (TPSA) is 102 Å². The summed E-state index contributed by atoms with van der Waals surface area (Å²) in [5, 5.41) is 16.7. The molecule has 0 bridgehead atoms. The second kappa shape index (κ2) is 10.5. The van der Waals surface area contributed by atoms with Crippen LogP contribution >= 0.6 is 11.8 Å². The number of carbonyl (C=O) groups excluding carboxylic acids is 3. The first-order valence-electron chi connectivity index (χ1n) is 12.2. The fraction of sp³-hybridized carbons (Fsp3) is 0.444. The van der Waals surface area contributed by atoms with Crippen LogP contribution in [0.1, 0.15) is 37.5 Å². The van der Waals surface area contributed by atoms with Crippen LogP contribution in [0.3, 0.4) is 0 Å². The van der Waals surface area contributed by atoms with E-state index in [4.69, 9.17) is 0 Å². The first-order chi connectivity index (χ1) is 17.1. The molecule has 192 valence electrons. The molecule has 2 aliphatic rings. The minimum Gasteiger partial charge on any atom is -0.381 e. The maximum absolute atomic E-state index is 13.5. The number of thioether (sulfide) groups is 1. The number of hydrogen-bond donors (Lipinski definition) is 3. The van der Waals surface area contributed by atoms with Crippen molar-refractivity contribution in [1.82, 2.24) is 20.4 Å². The summed E-state index contributed by atoms with van der Waals surface area (Å²) >= 11 is 1.52. The summed E-state index contributed by atoms with van der Waals surface area (Å²) in [4.78, 5) is 41.9. The van der Waals surface area contributed by atoms with Gasteiger partial charge in [0.2, 0.25) is 5.91 Å². The van der Waals surface area contributed by atoms with Gasteiger partial charge in [-0.1, -0.05) is 54.6 Å². The molecule has 8 nitrogen and oxygen atoms in total. The number of nitrogens with one attached hydrogen (secondary N) is 2. The van der Waals surface area contributed by atoms with Crippen molar-refractivity contribution < 1.29 is 19.5 Å². The molecule has 0 saturated carbocycles. The van der Waals surface area contributed by atoms with Crippen LogP contribution < -0.4 is 10.6 Å². The molecule has 0 radical (unpaired) electrons. The highest BCUT2D eigenvalue weighted by molar-refractivity contribution is 8.01. The predicted molar refractivity (Wildman–Crippen MR) is 140 cm³/mol. The van der Waals surface area contributed by atoms with Crippen LogP contribution in [0.4, 0.5) is 4.79 Å². The number of benzene rings is 2. The fourth-order valence-electron chi connectivity index (χ4n) is 4.84. The SMILES string of the molecule is Cc1ccccc1CN1C(=O)[C@H]2N(C(=O)[C@@H](O)[C@H](Cc3ccccc3)NC(=O)NC(C)C)CSC21C. The highest BCUT2D eigenvalue weighted by atomic mass is 32.2. The number of hydrogen-bond acceptors (Lipinski definition) is 5. The number of β-lactam (4-membered cyclic amide) rings is 1. The van der Waals surface area contributed by atoms with Gasteiger partial charge in [0.05, 0.1) is 11.9 Å². The van der Waals surface area contributed by atoms with E-state index in [-0.39, 0.29) is 18.4 Å². The number of rotatable bonds is 8. The average molecular weight is 511 g/mol. The largest absolute Gasteiger partial charge is 0.381 e. The van der Waals surface area contributed by atoms with E-state index in [1.807, 2.05) is 82.3 Å². The maximum Gasteiger partial charge on any atom is 0.315 e. The van der Waals surface area contributed by atoms with Gasteiger partial charge in [0.1, 0.15) is 10.9 Å². The van der Waals surface area contributed by atoms with Gasteiger partial charge in [0, 0.05) is 12.6 Å². The Kier molecular flexibility index (Phi) is 7.61. The molecule has 3 N–H and O–H groups in total. The molecule has 9 heteroatoms. The van der Waals surface area contributed by atoms with Crippen molar-refractivity contribution >= 4 is 29.6 Å². The molecule has 2 heterocycles. The highest BCUT2D eigenvalue weighted by Gasteiger charge is 2.65. The fourth-order valence-corrected chi connectivity index (χ4v) is 6.21. The van der Waals surface area contributed by atoms with Crippen LogP contribution in [-0.2, 0) is 22.6 Å². The molecular formula is C27H34N4O4S. The number of amides is 4. The quantitative estimate of drug-likeness (QED) is 0.474. The third-order valence-electron chi connectivity index (χ3n) is 6.89. The molecule has 36 heavy (non-hydrogen) atoms. The van der Waals surface area contributed by atoms with Gasteiger partial charge >= 0.3 is 6.03 Å². The molecule has 0 aliphatic carbocycles. The summed E-state index contributed by atoms with van der Waals surface area (Å²) in [6.45, 7) is 8.13. The Hall–Kier alpha value is -3.04. The van der Waals surface area contributed by atoms with Crippen LogP contribution in [0.2, 0.25) is 0 Å². The zero-order chi connectivity index (χ0) is 26.0. The summed E-state index contributed by atoms with van der Waals surface area (Å²) in [7, 11) is 0. The Morgan fingerprint density at radius 3 is 2.44 bits per heavy atom. The van der Waals surface area contributed by atoms with Crippen molar-refractivity contribution in [3.63, 3.8) is 0 Å². The third-order valence-corrected chi connectivity index (χ3v) is 8.33. The number of aryl methyl sites for hydroxylation is 1. The van der Waals surface area contributed by atoms with E-state index >= 15 is 0 Å². The molecule has 2 aliphatic heterocycles. The number of nitrogens with zero attached hydrogens (tertiary/aromatic N) is 2. The molecule has 2 saturated heterocycles. The van der Waals surface area contributed by atoms with Crippen molar-refractivity contribution in [3.05, 3.63) is 71.3 Å². The third kappa shape index (κ3) is 5.08. The zero-order valence-electron chi connectivity index (χ0n) is 21.1. The number of carbonyl (C=O) groups is 3. The molecule has 0 aromatic heterocycles.